The molecule has 0 radical (unpaired) electrons. The van der Waals surface area contributed by atoms with Crippen molar-refractivity contribution < 1.29 is 5.79 Å². The minimum absolute atomic E-state index is 0.145. The first-order chi connectivity index (χ1) is 9.77. The minimum atomic E-state index is -0.773. The highest BCUT2D eigenvalue weighted by atomic mass is 16.3. The van der Waals surface area contributed by atoms with Crippen molar-refractivity contribution in [2.24, 2.45) is 0 Å². The molecule has 102 valence electrons. The van der Waals surface area contributed by atoms with Crippen molar-refractivity contribution in [3.63, 3.8) is 0 Å². The molecule has 3 rings (SSSR count). The molecule has 4 heteroatoms. The highest BCUT2D eigenvalue weighted by Gasteiger charge is 2.12. The first-order valence-electron chi connectivity index (χ1n) is 6.91. The Hall–Kier alpha value is -2.36. The summed E-state index contributed by atoms with van der Waals surface area (Å²) in [6, 6.07) is 6.92. The van der Waals surface area contributed by atoms with Gasteiger partial charge in [-0.05, 0) is 42.1 Å². The van der Waals surface area contributed by atoms with Gasteiger partial charge in [0.05, 0.1) is 10.8 Å². The molecule has 1 aromatic carbocycles. The van der Waals surface area contributed by atoms with Crippen LogP contribution in [-0.2, 0) is 0 Å². The van der Waals surface area contributed by atoms with Crippen LogP contribution in [0, 0.1) is 6.92 Å². The first-order valence-corrected chi connectivity index (χ1v) is 6.41. The standard InChI is InChI=1S/C16H16N2O2/c1-8(2)10-4-5-13-11(7-10)14(19)12-6-9(3)15(17)18-16(12)20-13/h4-8H,1-3H3,(H2,17,18)/i8D. The Morgan fingerprint density at radius 2 is 2.05 bits per heavy atom. The monoisotopic (exact) mass is 269 g/mol. The SMILES string of the molecule is [2H]C(C)(C)c1ccc2oc3nc(N)c(C)cc3c(=O)c2c1. The van der Waals surface area contributed by atoms with E-state index < -0.39 is 5.89 Å². The Bertz CT molecular complexity index is 923. The number of nitrogen functional groups attached to an aromatic ring is 1. The van der Waals surface area contributed by atoms with Crippen molar-refractivity contribution in [3.05, 3.63) is 45.6 Å². The molecule has 2 aromatic heterocycles. The molecule has 2 heterocycles. The molecule has 4 nitrogen and oxygen atoms in total. The zero-order valence-electron chi connectivity index (χ0n) is 12.7. The lowest BCUT2D eigenvalue weighted by atomic mass is 10.0. The Balaban J connectivity index is 2.43. The number of anilines is 1. The second kappa shape index (κ2) is 4.34. The highest BCUT2D eigenvalue weighted by molar-refractivity contribution is 5.89. The molecule has 20 heavy (non-hydrogen) atoms. The summed E-state index contributed by atoms with van der Waals surface area (Å²) in [6.45, 7) is 5.36. The molecule has 0 bridgehead atoms. The number of pyridine rings is 1. The van der Waals surface area contributed by atoms with E-state index in [1.54, 1.807) is 45.0 Å². The van der Waals surface area contributed by atoms with Crippen LogP contribution >= 0.6 is 0 Å². The van der Waals surface area contributed by atoms with Crippen molar-refractivity contribution in [2.45, 2.75) is 26.7 Å². The number of fused-ring (bicyclic) bond motifs is 2. The lowest BCUT2D eigenvalue weighted by Gasteiger charge is -2.07. The number of nitrogens with zero attached hydrogens (tertiary/aromatic N) is 1. The van der Waals surface area contributed by atoms with E-state index in [9.17, 15) is 4.79 Å². The van der Waals surface area contributed by atoms with E-state index in [2.05, 4.69) is 4.98 Å². The number of aryl methyl sites for hydroxylation is 1. The molecular formula is C16H16N2O2. The molecule has 2 N–H and O–H groups in total. The number of hydrogen-bond acceptors (Lipinski definition) is 4. The van der Waals surface area contributed by atoms with Crippen LogP contribution in [0.15, 0.2) is 33.5 Å². The van der Waals surface area contributed by atoms with Crippen LogP contribution in [0.4, 0.5) is 5.82 Å². The summed E-state index contributed by atoms with van der Waals surface area (Å²) < 4.78 is 13.8. The van der Waals surface area contributed by atoms with E-state index in [1.807, 2.05) is 0 Å². The van der Waals surface area contributed by atoms with E-state index in [0.29, 0.717) is 22.2 Å². The van der Waals surface area contributed by atoms with Crippen LogP contribution in [0.2, 0.25) is 0 Å². The summed E-state index contributed by atoms with van der Waals surface area (Å²) in [5.74, 6) is -0.417. The predicted octanol–water partition coefficient (Wildman–Crippen LogP) is 3.36. The molecule has 0 aliphatic heterocycles. The Kier molecular flexibility index (Phi) is 2.49. The van der Waals surface area contributed by atoms with Gasteiger partial charge in [-0.1, -0.05) is 19.9 Å². The topological polar surface area (TPSA) is 69.1 Å². The molecule has 0 aliphatic carbocycles. The third-order valence-corrected chi connectivity index (χ3v) is 3.47. The van der Waals surface area contributed by atoms with Gasteiger partial charge in [-0.3, -0.25) is 4.79 Å². The summed E-state index contributed by atoms with van der Waals surface area (Å²) in [6.07, 6.45) is 0. The molecular weight excluding hydrogens is 252 g/mol. The second-order valence-electron chi connectivity index (χ2n) is 5.19. The fraction of sp³-hybridized carbons (Fsp3) is 0.250. The normalized spacial score (nSPS) is 12.8. The average molecular weight is 269 g/mol. The van der Waals surface area contributed by atoms with Gasteiger partial charge >= 0.3 is 0 Å². The zero-order chi connectivity index (χ0) is 15.4. The average Bonchev–Trinajstić information content (AvgIpc) is 2.40. The molecule has 0 spiro atoms. The number of aromatic nitrogens is 1. The van der Waals surface area contributed by atoms with E-state index in [0.717, 1.165) is 11.1 Å². The quantitative estimate of drug-likeness (QED) is 0.688. The van der Waals surface area contributed by atoms with E-state index in [4.69, 9.17) is 11.5 Å². The van der Waals surface area contributed by atoms with Crippen LogP contribution < -0.4 is 11.2 Å². The maximum Gasteiger partial charge on any atom is 0.232 e. The molecule has 0 aliphatic rings. The van der Waals surface area contributed by atoms with Gasteiger partial charge < -0.3 is 10.2 Å². The van der Waals surface area contributed by atoms with Gasteiger partial charge in [0.15, 0.2) is 0 Å². The van der Waals surface area contributed by atoms with Gasteiger partial charge in [0.25, 0.3) is 0 Å². The van der Waals surface area contributed by atoms with Gasteiger partial charge in [0, 0.05) is 1.37 Å². The molecule has 0 unspecified atom stereocenters. The summed E-state index contributed by atoms with van der Waals surface area (Å²) in [5.41, 5.74) is 7.82. The fourth-order valence-corrected chi connectivity index (χ4v) is 2.21. The van der Waals surface area contributed by atoms with Gasteiger partial charge in [-0.25, -0.2) is 0 Å². The Morgan fingerprint density at radius 1 is 1.30 bits per heavy atom. The van der Waals surface area contributed by atoms with E-state index in [1.165, 1.54) is 0 Å². The lowest BCUT2D eigenvalue weighted by Crippen LogP contribution is -2.06. The molecule has 0 amide bonds. The Labute approximate surface area is 117 Å². The number of benzene rings is 1. The van der Waals surface area contributed by atoms with Gasteiger partial charge in [-0.2, -0.15) is 4.98 Å². The number of hydrogen-bond donors (Lipinski definition) is 1. The molecule has 0 fully saturated rings. The van der Waals surface area contributed by atoms with Crippen molar-refractivity contribution in [3.8, 4) is 0 Å². The van der Waals surface area contributed by atoms with Crippen LogP contribution in [-0.4, -0.2) is 4.98 Å². The number of rotatable bonds is 1. The molecule has 0 atom stereocenters. The lowest BCUT2D eigenvalue weighted by molar-refractivity contribution is 0.645. The summed E-state index contributed by atoms with van der Waals surface area (Å²) in [4.78, 5) is 16.8. The highest BCUT2D eigenvalue weighted by Crippen LogP contribution is 2.23. The fourth-order valence-electron chi connectivity index (χ4n) is 2.21. The largest absolute Gasteiger partial charge is 0.437 e. The summed E-state index contributed by atoms with van der Waals surface area (Å²) >= 11 is 0. The van der Waals surface area contributed by atoms with Crippen molar-refractivity contribution in [2.75, 3.05) is 5.73 Å². The molecule has 3 aromatic rings. The van der Waals surface area contributed by atoms with Crippen molar-refractivity contribution >= 4 is 27.9 Å². The molecule has 0 saturated heterocycles. The van der Waals surface area contributed by atoms with Gasteiger partial charge in [0.2, 0.25) is 11.1 Å². The van der Waals surface area contributed by atoms with Crippen LogP contribution in [0.25, 0.3) is 22.1 Å². The third kappa shape index (κ3) is 1.84. The van der Waals surface area contributed by atoms with Gasteiger partial charge in [0.1, 0.15) is 11.4 Å². The van der Waals surface area contributed by atoms with Crippen LogP contribution in [0.3, 0.4) is 0 Å². The van der Waals surface area contributed by atoms with Crippen LogP contribution in [0.1, 0.15) is 32.2 Å². The summed E-state index contributed by atoms with van der Waals surface area (Å²) in [5, 5.41) is 0.875. The van der Waals surface area contributed by atoms with E-state index >= 15 is 0 Å². The number of nitrogens with two attached hydrogens (primary N) is 1. The predicted molar refractivity (Wildman–Crippen MR) is 81.0 cm³/mol. The first kappa shape index (κ1) is 11.5. The van der Waals surface area contributed by atoms with Gasteiger partial charge in [-0.15, -0.1) is 0 Å². The maximum atomic E-state index is 12.6. The van der Waals surface area contributed by atoms with Crippen molar-refractivity contribution in [1.29, 1.82) is 0 Å². The molecule has 0 saturated carbocycles. The third-order valence-electron chi connectivity index (χ3n) is 3.47. The zero-order valence-corrected chi connectivity index (χ0v) is 11.7. The second-order valence-corrected chi connectivity index (χ2v) is 5.19. The van der Waals surface area contributed by atoms with Crippen molar-refractivity contribution in [1.82, 2.24) is 4.98 Å². The van der Waals surface area contributed by atoms with E-state index in [-0.39, 0.29) is 11.1 Å². The smallest absolute Gasteiger partial charge is 0.232 e. The maximum absolute atomic E-state index is 12.6. The Morgan fingerprint density at radius 3 is 2.75 bits per heavy atom. The minimum Gasteiger partial charge on any atom is -0.437 e. The summed E-state index contributed by atoms with van der Waals surface area (Å²) in [7, 11) is 0. The van der Waals surface area contributed by atoms with Crippen LogP contribution in [0.5, 0.6) is 0 Å².